The minimum atomic E-state index is -0.198. The molecule has 416 valence electrons. The van der Waals surface area contributed by atoms with Gasteiger partial charge < -0.3 is 14.9 Å². The highest BCUT2D eigenvalue weighted by Gasteiger charge is 2.26. The zero-order chi connectivity index (χ0) is 50.6. The van der Waals surface area contributed by atoms with Gasteiger partial charge >= 0.3 is 0 Å². The summed E-state index contributed by atoms with van der Waals surface area (Å²) >= 11 is 0. The van der Waals surface area contributed by atoms with E-state index in [1.54, 1.807) is 0 Å². The molecule has 1 rings (SSSR count). The molecule has 6 nitrogen and oxygen atoms in total. The normalized spacial score (nSPS) is 15.4. The number of rotatable bonds is 53. The third kappa shape index (κ3) is 41.2. The van der Waals surface area contributed by atoms with Crippen molar-refractivity contribution < 1.29 is 14.7 Å². The Balaban J connectivity index is 2.53. The standard InChI is InChI=1S/C64H127N3O3/c1-5-9-13-17-21-25-35-47-57-66(58-48-36-26-22-18-14-10-6-2)63(69)53-43-31-29-39-45-55-65(61-51-41-33-34-42-52-62(61)68)56-46-40-30-32-44-54-64(70)67(59-49-37-27-23-19-15-11-7-3)60-50-38-28-24-20-16-12-8-4/h61-62,68H,5-60H2,1-4H3/t61-,62+/m1/s1. The lowest BCUT2D eigenvalue weighted by Gasteiger charge is -2.36. The molecule has 6 heteroatoms. The minimum Gasteiger partial charge on any atom is -0.391 e. The highest BCUT2D eigenvalue weighted by molar-refractivity contribution is 5.76. The quantitative estimate of drug-likeness (QED) is 0.0617. The summed E-state index contributed by atoms with van der Waals surface area (Å²) in [5.74, 6) is 0.819. The Labute approximate surface area is 439 Å². The van der Waals surface area contributed by atoms with Crippen LogP contribution in [0.15, 0.2) is 0 Å². The molecule has 2 amide bonds. The van der Waals surface area contributed by atoms with E-state index in [0.717, 1.165) is 97.1 Å². The van der Waals surface area contributed by atoms with E-state index in [4.69, 9.17) is 0 Å². The van der Waals surface area contributed by atoms with Crippen LogP contribution in [0, 0.1) is 0 Å². The molecular formula is C64H127N3O3. The lowest BCUT2D eigenvalue weighted by Crippen LogP contribution is -2.45. The molecule has 1 aliphatic rings. The number of aliphatic hydroxyl groups is 1. The first-order chi connectivity index (χ1) is 34.5. The topological polar surface area (TPSA) is 64.1 Å². The van der Waals surface area contributed by atoms with E-state index in [-0.39, 0.29) is 6.10 Å². The van der Waals surface area contributed by atoms with Crippen LogP contribution in [-0.4, -0.2) is 83.0 Å². The van der Waals surface area contributed by atoms with Crippen LogP contribution in [0.5, 0.6) is 0 Å². The summed E-state index contributed by atoms with van der Waals surface area (Å²) in [6.07, 6.45) is 62.1. The van der Waals surface area contributed by atoms with Gasteiger partial charge in [-0.3, -0.25) is 14.5 Å². The van der Waals surface area contributed by atoms with Gasteiger partial charge in [-0.05, 0) is 77.3 Å². The molecule has 0 aliphatic heterocycles. The average molecular weight is 987 g/mol. The van der Waals surface area contributed by atoms with Gasteiger partial charge in [0.25, 0.3) is 0 Å². The molecule has 1 saturated carbocycles. The molecule has 0 radical (unpaired) electrons. The zero-order valence-electron chi connectivity index (χ0n) is 48.4. The Morgan fingerprint density at radius 2 is 0.557 bits per heavy atom. The molecule has 1 fully saturated rings. The van der Waals surface area contributed by atoms with Crippen molar-refractivity contribution >= 4 is 11.8 Å². The van der Waals surface area contributed by atoms with E-state index in [1.807, 2.05) is 0 Å². The van der Waals surface area contributed by atoms with E-state index in [2.05, 4.69) is 42.4 Å². The summed E-state index contributed by atoms with van der Waals surface area (Å²) < 4.78 is 0. The fraction of sp³-hybridized carbons (Fsp3) is 0.969. The van der Waals surface area contributed by atoms with Gasteiger partial charge in [0.2, 0.25) is 11.8 Å². The number of unbranched alkanes of at least 4 members (excludes halogenated alkanes) is 36. The number of hydrogen-bond acceptors (Lipinski definition) is 4. The molecule has 0 unspecified atom stereocenters. The maximum atomic E-state index is 13.5. The lowest BCUT2D eigenvalue weighted by atomic mass is 9.92. The molecule has 70 heavy (non-hydrogen) atoms. The Bertz CT molecular complexity index is 976. The van der Waals surface area contributed by atoms with Crippen LogP contribution in [-0.2, 0) is 9.59 Å². The van der Waals surface area contributed by atoms with Crippen LogP contribution in [0.3, 0.4) is 0 Å². The van der Waals surface area contributed by atoms with Gasteiger partial charge in [0.1, 0.15) is 0 Å². The summed E-state index contributed by atoms with van der Waals surface area (Å²) in [6.45, 7) is 15.2. The summed E-state index contributed by atoms with van der Waals surface area (Å²) in [5, 5.41) is 11.4. The molecule has 0 spiro atoms. The molecular weight excluding hydrogens is 859 g/mol. The largest absolute Gasteiger partial charge is 0.391 e. The second-order valence-corrected chi connectivity index (χ2v) is 22.9. The van der Waals surface area contributed by atoms with Gasteiger partial charge in [-0.1, -0.05) is 272 Å². The molecule has 0 aromatic rings. The summed E-state index contributed by atoms with van der Waals surface area (Å²) in [6, 6.07) is 0.303. The van der Waals surface area contributed by atoms with Gasteiger partial charge in [0, 0.05) is 45.1 Å². The van der Waals surface area contributed by atoms with E-state index >= 15 is 0 Å². The molecule has 0 aromatic heterocycles. The Kier molecular flexibility index (Phi) is 50.4. The highest BCUT2D eigenvalue weighted by atomic mass is 16.3. The highest BCUT2D eigenvalue weighted by Crippen LogP contribution is 2.24. The van der Waals surface area contributed by atoms with Gasteiger partial charge in [-0.25, -0.2) is 0 Å². The van der Waals surface area contributed by atoms with E-state index in [9.17, 15) is 14.7 Å². The molecule has 1 N–H and O–H groups in total. The molecule has 0 aromatic carbocycles. The number of hydrogen-bond donors (Lipinski definition) is 1. The number of amides is 2. The van der Waals surface area contributed by atoms with E-state index < -0.39 is 0 Å². The number of nitrogens with zero attached hydrogens (tertiary/aromatic N) is 3. The van der Waals surface area contributed by atoms with Gasteiger partial charge in [-0.15, -0.1) is 0 Å². The Hall–Kier alpha value is -1.14. The summed E-state index contributed by atoms with van der Waals surface area (Å²) in [7, 11) is 0. The third-order valence-electron chi connectivity index (χ3n) is 16.2. The van der Waals surface area contributed by atoms with Crippen LogP contribution in [0.2, 0.25) is 0 Å². The zero-order valence-corrected chi connectivity index (χ0v) is 48.4. The first kappa shape index (κ1) is 66.9. The first-order valence-electron chi connectivity index (χ1n) is 32.5. The SMILES string of the molecule is CCCCCCCCCCN(CCCCCCCCCC)C(=O)CCCCCCCN(CCCCCCCC(=O)N(CCCCCCCCCC)CCCCCCCCCC)[C@@H]1CCCCCC[C@@H]1O. The second-order valence-electron chi connectivity index (χ2n) is 22.9. The number of carbonyl (C=O) groups is 2. The first-order valence-corrected chi connectivity index (χ1v) is 32.5. The van der Waals surface area contributed by atoms with Crippen molar-refractivity contribution in [1.29, 1.82) is 0 Å². The van der Waals surface area contributed by atoms with Crippen molar-refractivity contribution in [3.8, 4) is 0 Å². The smallest absolute Gasteiger partial charge is 0.222 e. The Morgan fingerprint density at radius 3 is 0.857 bits per heavy atom. The Morgan fingerprint density at radius 1 is 0.314 bits per heavy atom. The molecule has 0 bridgehead atoms. The molecule has 0 saturated heterocycles. The van der Waals surface area contributed by atoms with Crippen molar-refractivity contribution in [3.63, 3.8) is 0 Å². The predicted octanol–water partition coefficient (Wildman–Crippen LogP) is 19.3. The molecule has 1 aliphatic carbocycles. The third-order valence-corrected chi connectivity index (χ3v) is 16.2. The number of carbonyl (C=O) groups excluding carboxylic acids is 2. The predicted molar refractivity (Wildman–Crippen MR) is 308 cm³/mol. The lowest BCUT2D eigenvalue weighted by molar-refractivity contribution is -0.132. The van der Waals surface area contributed by atoms with Crippen molar-refractivity contribution in [2.24, 2.45) is 0 Å². The number of aliphatic hydroxyl groups excluding tert-OH is 1. The van der Waals surface area contributed by atoms with Gasteiger partial charge in [0.15, 0.2) is 0 Å². The second kappa shape index (κ2) is 52.7. The van der Waals surface area contributed by atoms with Crippen LogP contribution in [0.1, 0.15) is 349 Å². The maximum absolute atomic E-state index is 13.5. The van der Waals surface area contributed by atoms with Crippen molar-refractivity contribution in [1.82, 2.24) is 14.7 Å². The maximum Gasteiger partial charge on any atom is 0.222 e. The van der Waals surface area contributed by atoms with Crippen LogP contribution in [0.4, 0.5) is 0 Å². The monoisotopic (exact) mass is 986 g/mol. The van der Waals surface area contributed by atoms with Gasteiger partial charge in [-0.2, -0.15) is 0 Å². The molecule has 0 heterocycles. The molecule has 2 atom stereocenters. The van der Waals surface area contributed by atoms with E-state index in [0.29, 0.717) is 17.9 Å². The summed E-state index contributed by atoms with van der Waals surface area (Å²) in [4.78, 5) is 34.3. The van der Waals surface area contributed by atoms with Crippen LogP contribution < -0.4 is 0 Å². The average Bonchev–Trinajstić information content (AvgIpc) is 3.35. The fourth-order valence-corrected chi connectivity index (χ4v) is 11.3. The van der Waals surface area contributed by atoms with Gasteiger partial charge in [0.05, 0.1) is 6.10 Å². The van der Waals surface area contributed by atoms with Crippen molar-refractivity contribution in [2.75, 3.05) is 39.3 Å². The summed E-state index contributed by atoms with van der Waals surface area (Å²) in [5.41, 5.74) is 0. The van der Waals surface area contributed by atoms with Crippen LogP contribution >= 0.6 is 0 Å². The van der Waals surface area contributed by atoms with Crippen molar-refractivity contribution in [3.05, 3.63) is 0 Å². The minimum absolute atomic E-state index is 0.198. The van der Waals surface area contributed by atoms with Crippen LogP contribution in [0.25, 0.3) is 0 Å². The van der Waals surface area contributed by atoms with E-state index in [1.165, 1.54) is 263 Å². The van der Waals surface area contributed by atoms with Crippen molar-refractivity contribution in [2.45, 2.75) is 361 Å². The fourth-order valence-electron chi connectivity index (χ4n) is 11.3.